The van der Waals surface area contributed by atoms with Crippen LogP contribution in [0.2, 0.25) is 0 Å². The molecule has 0 saturated carbocycles. The standard InChI is InChI=1S/C23H25N5O3/c1-15-12-17(31-2)7-6-16(15)4-3-5-21(29)28-11-8-18-20(14-28)26-22(27-23(18)30)19-13-24-9-10-25-19/h6-7,9-10,12-13H,3-5,8,11,14H2,1-2H3,(H,26,27,30). The topological polar surface area (TPSA) is 101 Å². The molecule has 0 atom stereocenters. The molecular weight excluding hydrogens is 394 g/mol. The predicted octanol–water partition coefficient (Wildman–Crippen LogP) is 2.45. The molecule has 2 aromatic heterocycles. The highest BCUT2D eigenvalue weighted by atomic mass is 16.5. The molecule has 31 heavy (non-hydrogen) atoms. The number of aromatic amines is 1. The molecule has 160 valence electrons. The highest BCUT2D eigenvalue weighted by Crippen LogP contribution is 2.20. The summed E-state index contributed by atoms with van der Waals surface area (Å²) in [6, 6.07) is 6.01. The fourth-order valence-corrected chi connectivity index (χ4v) is 3.86. The highest BCUT2D eigenvalue weighted by molar-refractivity contribution is 5.76. The molecule has 1 aliphatic rings. The molecule has 1 aliphatic heterocycles. The number of hydrogen-bond acceptors (Lipinski definition) is 6. The molecule has 0 saturated heterocycles. The van der Waals surface area contributed by atoms with Crippen LogP contribution >= 0.6 is 0 Å². The molecule has 0 fully saturated rings. The minimum absolute atomic E-state index is 0.0833. The lowest BCUT2D eigenvalue weighted by Crippen LogP contribution is -2.39. The Labute approximate surface area is 180 Å². The Morgan fingerprint density at radius 1 is 1.29 bits per heavy atom. The minimum atomic E-state index is -0.173. The van der Waals surface area contributed by atoms with Crippen LogP contribution in [0.3, 0.4) is 0 Å². The number of amides is 1. The van der Waals surface area contributed by atoms with Crippen molar-refractivity contribution in [2.75, 3.05) is 13.7 Å². The van der Waals surface area contributed by atoms with E-state index in [0.717, 1.165) is 18.6 Å². The maximum absolute atomic E-state index is 12.8. The number of methoxy groups -OCH3 is 1. The first kappa shape index (κ1) is 20.7. The number of rotatable bonds is 6. The quantitative estimate of drug-likeness (QED) is 0.659. The number of hydrogen-bond donors (Lipinski definition) is 1. The molecule has 1 aromatic carbocycles. The summed E-state index contributed by atoms with van der Waals surface area (Å²) in [6.07, 6.45) is 7.23. The molecule has 0 aliphatic carbocycles. The first-order valence-electron chi connectivity index (χ1n) is 10.3. The number of aromatic nitrogens is 4. The van der Waals surface area contributed by atoms with Crippen LogP contribution in [0.5, 0.6) is 5.75 Å². The van der Waals surface area contributed by atoms with Gasteiger partial charge in [0, 0.05) is 30.9 Å². The highest BCUT2D eigenvalue weighted by Gasteiger charge is 2.24. The van der Waals surface area contributed by atoms with Gasteiger partial charge >= 0.3 is 0 Å². The average Bonchev–Trinajstić information content (AvgIpc) is 2.80. The van der Waals surface area contributed by atoms with Gasteiger partial charge in [0.2, 0.25) is 5.91 Å². The van der Waals surface area contributed by atoms with E-state index in [1.54, 1.807) is 30.6 Å². The summed E-state index contributed by atoms with van der Waals surface area (Å²) in [5, 5.41) is 0. The third kappa shape index (κ3) is 4.63. The van der Waals surface area contributed by atoms with Crippen molar-refractivity contribution in [1.82, 2.24) is 24.8 Å². The number of fused-ring (bicyclic) bond motifs is 1. The van der Waals surface area contributed by atoms with Crippen LogP contribution < -0.4 is 10.3 Å². The van der Waals surface area contributed by atoms with E-state index in [1.165, 1.54) is 11.1 Å². The van der Waals surface area contributed by atoms with Gasteiger partial charge in [-0.2, -0.15) is 0 Å². The van der Waals surface area contributed by atoms with Crippen LogP contribution in [0.15, 0.2) is 41.6 Å². The number of nitrogens with one attached hydrogen (secondary N) is 1. The van der Waals surface area contributed by atoms with Crippen molar-refractivity contribution in [3.63, 3.8) is 0 Å². The van der Waals surface area contributed by atoms with Gasteiger partial charge in [-0.1, -0.05) is 6.07 Å². The molecular formula is C23H25N5O3. The Hall–Kier alpha value is -3.55. The number of ether oxygens (including phenoxy) is 1. The van der Waals surface area contributed by atoms with E-state index in [2.05, 4.69) is 32.9 Å². The average molecular weight is 419 g/mol. The van der Waals surface area contributed by atoms with Crippen molar-refractivity contribution < 1.29 is 9.53 Å². The Bertz CT molecular complexity index is 1140. The monoisotopic (exact) mass is 419 g/mol. The molecule has 8 heteroatoms. The Balaban J connectivity index is 1.40. The van der Waals surface area contributed by atoms with Crippen LogP contribution in [0.25, 0.3) is 11.5 Å². The SMILES string of the molecule is COc1ccc(CCCC(=O)N2CCc3c(nc(-c4cnccn4)[nH]c3=O)C2)c(C)c1. The Morgan fingerprint density at radius 3 is 2.90 bits per heavy atom. The maximum Gasteiger partial charge on any atom is 0.254 e. The van der Waals surface area contributed by atoms with Gasteiger partial charge < -0.3 is 14.6 Å². The molecule has 1 amide bonds. The largest absolute Gasteiger partial charge is 0.497 e. The molecule has 0 bridgehead atoms. The van der Waals surface area contributed by atoms with Crippen LogP contribution in [0, 0.1) is 6.92 Å². The van der Waals surface area contributed by atoms with E-state index in [4.69, 9.17) is 4.74 Å². The van der Waals surface area contributed by atoms with E-state index in [1.807, 2.05) is 12.1 Å². The smallest absolute Gasteiger partial charge is 0.254 e. The lowest BCUT2D eigenvalue weighted by atomic mass is 10.0. The number of aryl methyl sites for hydroxylation is 2. The molecule has 1 N–H and O–H groups in total. The van der Waals surface area contributed by atoms with Crippen molar-refractivity contribution in [3.8, 4) is 17.3 Å². The summed E-state index contributed by atoms with van der Waals surface area (Å²) in [6.45, 7) is 2.93. The lowest BCUT2D eigenvalue weighted by Gasteiger charge is -2.28. The van der Waals surface area contributed by atoms with Gasteiger partial charge in [-0.05, 0) is 49.4 Å². The minimum Gasteiger partial charge on any atom is -0.497 e. The zero-order valence-corrected chi connectivity index (χ0v) is 17.7. The molecule has 0 unspecified atom stereocenters. The van der Waals surface area contributed by atoms with Gasteiger partial charge in [-0.3, -0.25) is 14.6 Å². The normalized spacial score (nSPS) is 13.0. The predicted molar refractivity (Wildman–Crippen MR) is 116 cm³/mol. The van der Waals surface area contributed by atoms with E-state index >= 15 is 0 Å². The molecule has 3 aromatic rings. The molecule has 4 rings (SSSR count). The fraction of sp³-hybridized carbons (Fsp3) is 0.348. The van der Waals surface area contributed by atoms with Crippen molar-refractivity contribution in [3.05, 3.63) is 69.5 Å². The molecule has 8 nitrogen and oxygen atoms in total. The van der Waals surface area contributed by atoms with Crippen LogP contribution in [0.4, 0.5) is 0 Å². The van der Waals surface area contributed by atoms with Gasteiger partial charge in [-0.15, -0.1) is 0 Å². The van der Waals surface area contributed by atoms with Crippen molar-refractivity contribution >= 4 is 5.91 Å². The molecule has 0 radical (unpaired) electrons. The number of nitrogens with zero attached hydrogens (tertiary/aromatic N) is 4. The van der Waals surface area contributed by atoms with Crippen LogP contribution in [0.1, 0.15) is 35.2 Å². The van der Waals surface area contributed by atoms with Crippen molar-refractivity contribution in [2.24, 2.45) is 0 Å². The third-order valence-electron chi connectivity index (χ3n) is 5.62. The first-order valence-corrected chi connectivity index (χ1v) is 10.3. The number of carbonyl (C=O) groups excluding carboxylic acids is 1. The van der Waals surface area contributed by atoms with Crippen molar-refractivity contribution in [2.45, 2.75) is 39.2 Å². The summed E-state index contributed by atoms with van der Waals surface area (Å²) >= 11 is 0. The maximum atomic E-state index is 12.8. The molecule has 0 spiro atoms. The number of carbonyl (C=O) groups is 1. The number of benzene rings is 1. The summed E-state index contributed by atoms with van der Waals surface area (Å²) < 4.78 is 5.25. The van der Waals surface area contributed by atoms with E-state index in [0.29, 0.717) is 48.7 Å². The lowest BCUT2D eigenvalue weighted by molar-refractivity contribution is -0.132. The van der Waals surface area contributed by atoms with Gasteiger partial charge in [0.15, 0.2) is 5.82 Å². The van der Waals surface area contributed by atoms with E-state index in [9.17, 15) is 9.59 Å². The van der Waals surface area contributed by atoms with E-state index in [-0.39, 0.29) is 11.5 Å². The van der Waals surface area contributed by atoms with Gasteiger partial charge in [0.05, 0.1) is 25.5 Å². The van der Waals surface area contributed by atoms with Gasteiger partial charge in [0.25, 0.3) is 5.56 Å². The van der Waals surface area contributed by atoms with E-state index < -0.39 is 0 Å². The summed E-state index contributed by atoms with van der Waals surface area (Å²) in [7, 11) is 1.66. The second kappa shape index (κ2) is 9.07. The second-order valence-corrected chi connectivity index (χ2v) is 7.64. The van der Waals surface area contributed by atoms with Crippen LogP contribution in [-0.2, 0) is 24.2 Å². The summed E-state index contributed by atoms with van der Waals surface area (Å²) in [5.74, 6) is 1.30. The fourth-order valence-electron chi connectivity index (χ4n) is 3.86. The molecule has 3 heterocycles. The van der Waals surface area contributed by atoms with Crippen LogP contribution in [-0.4, -0.2) is 44.4 Å². The van der Waals surface area contributed by atoms with Crippen molar-refractivity contribution in [1.29, 1.82) is 0 Å². The summed E-state index contributed by atoms with van der Waals surface area (Å²) in [5.41, 5.74) is 3.99. The van der Waals surface area contributed by atoms with Gasteiger partial charge in [0.1, 0.15) is 11.4 Å². The zero-order chi connectivity index (χ0) is 21.8. The number of H-pyrrole nitrogens is 1. The second-order valence-electron chi connectivity index (χ2n) is 7.64. The Kier molecular flexibility index (Phi) is 6.06. The zero-order valence-electron chi connectivity index (χ0n) is 17.7. The summed E-state index contributed by atoms with van der Waals surface area (Å²) in [4.78, 5) is 42.6. The van der Waals surface area contributed by atoms with Gasteiger partial charge in [-0.25, -0.2) is 9.97 Å². The Morgan fingerprint density at radius 2 is 2.16 bits per heavy atom. The third-order valence-corrected chi connectivity index (χ3v) is 5.62. The first-order chi connectivity index (χ1) is 15.0.